The average Bonchev–Trinajstić information content (AvgIpc) is 2.39. The number of piperidine rings is 1. The van der Waals surface area contributed by atoms with Crippen LogP contribution in [0.2, 0.25) is 0 Å². The van der Waals surface area contributed by atoms with Crippen LogP contribution in [0.25, 0.3) is 0 Å². The SMILES string of the molecule is NC1CCN2CCN(Cc3ccccc3)CC2C1. The average molecular weight is 245 g/mol. The van der Waals surface area contributed by atoms with Crippen molar-refractivity contribution in [2.45, 2.75) is 31.5 Å². The van der Waals surface area contributed by atoms with Crippen molar-refractivity contribution in [1.29, 1.82) is 0 Å². The molecule has 2 saturated heterocycles. The van der Waals surface area contributed by atoms with Crippen LogP contribution in [-0.2, 0) is 6.54 Å². The Morgan fingerprint density at radius 1 is 1.11 bits per heavy atom. The van der Waals surface area contributed by atoms with Crippen LogP contribution < -0.4 is 5.73 Å². The lowest BCUT2D eigenvalue weighted by atomic mass is 9.95. The Labute approximate surface area is 110 Å². The van der Waals surface area contributed by atoms with Gasteiger partial charge in [0.05, 0.1) is 0 Å². The van der Waals surface area contributed by atoms with Crippen LogP contribution in [0, 0.1) is 0 Å². The molecule has 1 aromatic carbocycles. The minimum Gasteiger partial charge on any atom is -0.328 e. The van der Waals surface area contributed by atoms with E-state index in [4.69, 9.17) is 5.73 Å². The second kappa shape index (κ2) is 5.39. The van der Waals surface area contributed by atoms with E-state index in [2.05, 4.69) is 40.1 Å². The summed E-state index contributed by atoms with van der Waals surface area (Å²) in [6, 6.07) is 11.9. The maximum absolute atomic E-state index is 6.09. The number of fused-ring (bicyclic) bond motifs is 1. The van der Waals surface area contributed by atoms with Crippen LogP contribution in [0.3, 0.4) is 0 Å². The molecular weight excluding hydrogens is 222 g/mol. The lowest BCUT2D eigenvalue weighted by Crippen LogP contribution is -2.57. The molecule has 2 unspecified atom stereocenters. The fraction of sp³-hybridized carbons (Fsp3) is 0.600. The van der Waals surface area contributed by atoms with Crippen molar-refractivity contribution in [3.8, 4) is 0 Å². The Morgan fingerprint density at radius 2 is 1.94 bits per heavy atom. The van der Waals surface area contributed by atoms with Gasteiger partial charge in [-0.2, -0.15) is 0 Å². The standard InChI is InChI=1S/C15H23N3/c16-14-6-7-18-9-8-17(12-15(18)10-14)11-13-4-2-1-3-5-13/h1-5,14-15H,6-12,16H2. The smallest absolute Gasteiger partial charge is 0.0238 e. The Kier molecular flexibility index (Phi) is 3.64. The number of benzene rings is 1. The van der Waals surface area contributed by atoms with Crippen LogP contribution in [0.5, 0.6) is 0 Å². The Morgan fingerprint density at radius 3 is 2.78 bits per heavy atom. The van der Waals surface area contributed by atoms with E-state index in [0.29, 0.717) is 12.1 Å². The number of hydrogen-bond acceptors (Lipinski definition) is 3. The van der Waals surface area contributed by atoms with Gasteiger partial charge >= 0.3 is 0 Å². The second-order valence-corrected chi connectivity index (χ2v) is 5.69. The van der Waals surface area contributed by atoms with E-state index in [1.165, 1.54) is 44.6 Å². The van der Waals surface area contributed by atoms with Crippen molar-refractivity contribution in [3.63, 3.8) is 0 Å². The number of nitrogens with zero attached hydrogens (tertiary/aromatic N) is 2. The van der Waals surface area contributed by atoms with E-state index in [9.17, 15) is 0 Å². The fourth-order valence-corrected chi connectivity index (χ4v) is 3.26. The van der Waals surface area contributed by atoms with Crippen LogP contribution in [-0.4, -0.2) is 48.1 Å². The summed E-state index contributed by atoms with van der Waals surface area (Å²) >= 11 is 0. The predicted molar refractivity (Wildman–Crippen MR) is 74.3 cm³/mol. The lowest BCUT2D eigenvalue weighted by Gasteiger charge is -2.45. The zero-order valence-corrected chi connectivity index (χ0v) is 11.0. The molecule has 18 heavy (non-hydrogen) atoms. The topological polar surface area (TPSA) is 32.5 Å². The summed E-state index contributed by atoms with van der Waals surface area (Å²) in [6.07, 6.45) is 2.35. The van der Waals surface area contributed by atoms with E-state index >= 15 is 0 Å². The first kappa shape index (κ1) is 12.2. The molecule has 2 fully saturated rings. The van der Waals surface area contributed by atoms with E-state index in [0.717, 1.165) is 6.54 Å². The minimum absolute atomic E-state index is 0.419. The fourth-order valence-electron chi connectivity index (χ4n) is 3.26. The first-order valence-electron chi connectivity index (χ1n) is 7.07. The molecule has 2 atom stereocenters. The molecule has 3 nitrogen and oxygen atoms in total. The maximum Gasteiger partial charge on any atom is 0.0238 e. The van der Waals surface area contributed by atoms with Crippen LogP contribution >= 0.6 is 0 Å². The van der Waals surface area contributed by atoms with Crippen molar-refractivity contribution < 1.29 is 0 Å². The van der Waals surface area contributed by atoms with E-state index < -0.39 is 0 Å². The first-order chi connectivity index (χ1) is 8.81. The number of hydrogen-bond donors (Lipinski definition) is 1. The van der Waals surface area contributed by atoms with Gasteiger partial charge in [-0.15, -0.1) is 0 Å². The van der Waals surface area contributed by atoms with Crippen LogP contribution in [0.4, 0.5) is 0 Å². The molecule has 98 valence electrons. The number of rotatable bonds is 2. The van der Waals surface area contributed by atoms with Crippen molar-refractivity contribution >= 4 is 0 Å². The van der Waals surface area contributed by atoms with Crippen LogP contribution in [0.15, 0.2) is 30.3 Å². The third-order valence-corrected chi connectivity index (χ3v) is 4.30. The monoisotopic (exact) mass is 245 g/mol. The zero-order chi connectivity index (χ0) is 12.4. The molecule has 2 aliphatic heterocycles. The van der Waals surface area contributed by atoms with Crippen molar-refractivity contribution in [2.24, 2.45) is 5.73 Å². The molecule has 0 aliphatic carbocycles. The first-order valence-corrected chi connectivity index (χ1v) is 7.07. The number of piperazine rings is 1. The van der Waals surface area contributed by atoms with Crippen molar-refractivity contribution in [1.82, 2.24) is 9.80 Å². The molecule has 2 heterocycles. The molecule has 2 aliphatic rings. The molecule has 0 aromatic heterocycles. The van der Waals surface area contributed by atoms with Gasteiger partial charge in [0.15, 0.2) is 0 Å². The quantitative estimate of drug-likeness (QED) is 0.852. The minimum atomic E-state index is 0.419. The highest BCUT2D eigenvalue weighted by molar-refractivity contribution is 5.14. The summed E-state index contributed by atoms with van der Waals surface area (Å²) in [5, 5.41) is 0. The third kappa shape index (κ3) is 2.74. The van der Waals surface area contributed by atoms with Crippen molar-refractivity contribution in [3.05, 3.63) is 35.9 Å². The summed E-state index contributed by atoms with van der Waals surface area (Å²) in [5.74, 6) is 0. The highest BCUT2D eigenvalue weighted by Gasteiger charge is 2.31. The molecule has 2 N–H and O–H groups in total. The Bertz CT molecular complexity index is 379. The van der Waals surface area contributed by atoms with Gasteiger partial charge in [0.25, 0.3) is 0 Å². The van der Waals surface area contributed by atoms with Gasteiger partial charge in [-0.05, 0) is 18.4 Å². The number of nitrogens with two attached hydrogens (primary N) is 1. The highest BCUT2D eigenvalue weighted by Crippen LogP contribution is 2.21. The molecule has 3 rings (SSSR count). The Hall–Kier alpha value is -0.900. The third-order valence-electron chi connectivity index (χ3n) is 4.30. The predicted octanol–water partition coefficient (Wildman–Crippen LogP) is 1.29. The summed E-state index contributed by atoms with van der Waals surface area (Å²) in [4.78, 5) is 5.21. The zero-order valence-electron chi connectivity index (χ0n) is 11.0. The van der Waals surface area contributed by atoms with Gasteiger partial charge in [0.2, 0.25) is 0 Å². The summed E-state index contributed by atoms with van der Waals surface area (Å²) < 4.78 is 0. The van der Waals surface area contributed by atoms with Crippen LogP contribution in [0.1, 0.15) is 18.4 Å². The van der Waals surface area contributed by atoms with Gasteiger partial charge in [-0.3, -0.25) is 9.80 Å². The Balaban J connectivity index is 1.59. The van der Waals surface area contributed by atoms with E-state index in [1.807, 2.05) is 0 Å². The molecular formula is C15H23N3. The highest BCUT2D eigenvalue weighted by atomic mass is 15.3. The summed E-state index contributed by atoms with van der Waals surface area (Å²) in [5.41, 5.74) is 7.52. The van der Waals surface area contributed by atoms with Gasteiger partial charge in [-0.1, -0.05) is 30.3 Å². The molecule has 0 spiro atoms. The molecule has 0 amide bonds. The van der Waals surface area contributed by atoms with Crippen molar-refractivity contribution in [2.75, 3.05) is 26.2 Å². The molecule has 3 heteroatoms. The lowest BCUT2D eigenvalue weighted by molar-refractivity contribution is 0.0397. The van der Waals surface area contributed by atoms with Gasteiger partial charge < -0.3 is 5.73 Å². The van der Waals surface area contributed by atoms with Gasteiger partial charge in [-0.25, -0.2) is 0 Å². The molecule has 0 saturated carbocycles. The molecule has 1 aromatic rings. The second-order valence-electron chi connectivity index (χ2n) is 5.69. The molecule has 0 bridgehead atoms. The normalized spacial score (nSPS) is 30.1. The summed E-state index contributed by atoms with van der Waals surface area (Å²) in [7, 11) is 0. The molecule has 0 radical (unpaired) electrons. The van der Waals surface area contributed by atoms with E-state index in [1.54, 1.807) is 0 Å². The van der Waals surface area contributed by atoms with Gasteiger partial charge in [0.1, 0.15) is 0 Å². The van der Waals surface area contributed by atoms with Gasteiger partial charge in [0, 0.05) is 44.8 Å². The van der Waals surface area contributed by atoms with E-state index in [-0.39, 0.29) is 0 Å². The maximum atomic E-state index is 6.09. The largest absolute Gasteiger partial charge is 0.328 e. The summed E-state index contributed by atoms with van der Waals surface area (Å²) in [6.45, 7) is 5.87.